The molecule has 1 amide bonds. The number of halogens is 3. The summed E-state index contributed by atoms with van der Waals surface area (Å²) < 4.78 is 38.6. The molecule has 2 aromatic carbocycles. The van der Waals surface area contributed by atoms with Crippen molar-refractivity contribution in [3.8, 4) is 0 Å². The predicted octanol–water partition coefficient (Wildman–Crippen LogP) is 4.32. The van der Waals surface area contributed by atoms with Gasteiger partial charge in [0.15, 0.2) is 0 Å². The zero-order valence-electron chi connectivity index (χ0n) is 16.4. The van der Waals surface area contributed by atoms with Crippen LogP contribution in [0.4, 0.5) is 18.9 Å². The highest BCUT2D eigenvalue weighted by Crippen LogP contribution is 2.30. The second-order valence-electron chi connectivity index (χ2n) is 7.48. The zero-order chi connectivity index (χ0) is 21.9. The number of benzene rings is 2. The molecule has 0 radical (unpaired) electrons. The second-order valence-corrected chi connectivity index (χ2v) is 7.48. The van der Waals surface area contributed by atoms with E-state index in [4.69, 9.17) is 0 Å². The van der Waals surface area contributed by atoms with Gasteiger partial charge in [-0.25, -0.2) is 0 Å². The average Bonchev–Trinajstić information content (AvgIpc) is 2.69. The van der Waals surface area contributed by atoms with E-state index in [1.807, 2.05) is 0 Å². The smallest absolute Gasteiger partial charge is 0.349 e. The number of nitrogens with zero attached hydrogens (tertiary/aromatic N) is 2. The SMILES string of the molecule is Cc1ccc(C(=O)NC2CCN(Cc3cccc(C(F)(F)F)c3)CC2)cc1[N+](=O)[O-]. The molecule has 1 aliphatic rings. The molecule has 3 rings (SSSR count). The average molecular weight is 421 g/mol. The Hall–Kier alpha value is -2.94. The van der Waals surface area contributed by atoms with E-state index in [9.17, 15) is 28.1 Å². The molecule has 9 heteroatoms. The van der Waals surface area contributed by atoms with E-state index in [2.05, 4.69) is 10.2 Å². The topological polar surface area (TPSA) is 75.5 Å². The molecule has 0 aliphatic carbocycles. The van der Waals surface area contributed by atoms with Gasteiger partial charge in [0.25, 0.3) is 11.6 Å². The van der Waals surface area contributed by atoms with Crippen molar-refractivity contribution in [2.24, 2.45) is 0 Å². The lowest BCUT2D eigenvalue weighted by atomic mass is 10.0. The highest BCUT2D eigenvalue weighted by molar-refractivity contribution is 5.95. The number of carbonyl (C=O) groups is 1. The van der Waals surface area contributed by atoms with E-state index >= 15 is 0 Å². The first kappa shape index (κ1) is 21.8. The van der Waals surface area contributed by atoms with E-state index in [0.29, 0.717) is 43.6 Å². The Balaban J connectivity index is 1.54. The first-order valence-electron chi connectivity index (χ1n) is 9.58. The number of piperidine rings is 1. The molecule has 160 valence electrons. The Bertz CT molecular complexity index is 939. The van der Waals surface area contributed by atoms with Crippen molar-refractivity contribution in [1.29, 1.82) is 0 Å². The third-order valence-corrected chi connectivity index (χ3v) is 5.25. The number of alkyl halides is 3. The van der Waals surface area contributed by atoms with Gasteiger partial charge in [-0.15, -0.1) is 0 Å². The van der Waals surface area contributed by atoms with Crippen molar-refractivity contribution in [3.05, 3.63) is 74.8 Å². The van der Waals surface area contributed by atoms with Crippen molar-refractivity contribution in [2.45, 2.75) is 38.5 Å². The minimum atomic E-state index is -4.36. The molecule has 0 aromatic heterocycles. The third-order valence-electron chi connectivity index (χ3n) is 5.25. The maximum atomic E-state index is 12.9. The van der Waals surface area contributed by atoms with E-state index in [1.54, 1.807) is 25.1 Å². The van der Waals surface area contributed by atoms with Crippen LogP contribution in [0, 0.1) is 17.0 Å². The lowest BCUT2D eigenvalue weighted by molar-refractivity contribution is -0.385. The lowest BCUT2D eigenvalue weighted by Crippen LogP contribution is -2.44. The summed E-state index contributed by atoms with van der Waals surface area (Å²) in [6, 6.07) is 9.59. The number of likely N-dealkylation sites (tertiary alicyclic amines) is 1. The van der Waals surface area contributed by atoms with E-state index in [0.717, 1.165) is 12.1 Å². The van der Waals surface area contributed by atoms with Crippen LogP contribution in [0.2, 0.25) is 0 Å². The monoisotopic (exact) mass is 421 g/mol. The number of aryl methyl sites for hydroxylation is 1. The second kappa shape index (κ2) is 8.83. The standard InChI is InChI=1S/C21H22F3N3O3/c1-14-5-6-16(12-19(14)27(29)30)20(28)25-18-7-9-26(10-8-18)13-15-3-2-4-17(11-15)21(22,23)24/h2-6,11-12,18H,7-10,13H2,1H3,(H,25,28). The Labute approximate surface area is 171 Å². The van der Waals surface area contributed by atoms with Gasteiger partial charge < -0.3 is 5.32 Å². The Kier molecular flexibility index (Phi) is 6.40. The minimum absolute atomic E-state index is 0.0874. The van der Waals surface area contributed by atoms with Gasteiger partial charge in [0, 0.05) is 42.9 Å². The van der Waals surface area contributed by atoms with Crippen LogP contribution in [-0.2, 0) is 12.7 Å². The summed E-state index contributed by atoms with van der Waals surface area (Å²) >= 11 is 0. The van der Waals surface area contributed by atoms with Crippen LogP contribution in [0.5, 0.6) is 0 Å². The molecule has 0 unspecified atom stereocenters. The van der Waals surface area contributed by atoms with Crippen LogP contribution in [0.25, 0.3) is 0 Å². The normalized spacial score (nSPS) is 15.7. The third kappa shape index (κ3) is 5.35. The van der Waals surface area contributed by atoms with E-state index in [1.165, 1.54) is 12.1 Å². The number of amides is 1. The van der Waals surface area contributed by atoms with Gasteiger partial charge in [-0.3, -0.25) is 19.8 Å². The van der Waals surface area contributed by atoms with Crippen LogP contribution < -0.4 is 5.32 Å². The molecule has 0 atom stereocenters. The number of hydrogen-bond donors (Lipinski definition) is 1. The first-order valence-corrected chi connectivity index (χ1v) is 9.58. The number of hydrogen-bond acceptors (Lipinski definition) is 4. The number of nitrogens with one attached hydrogen (secondary N) is 1. The number of nitro benzene ring substituents is 1. The molecule has 0 spiro atoms. The molecule has 1 N–H and O–H groups in total. The molecule has 1 aliphatic heterocycles. The molecule has 30 heavy (non-hydrogen) atoms. The van der Waals surface area contributed by atoms with Crippen molar-refractivity contribution >= 4 is 11.6 Å². The van der Waals surface area contributed by atoms with Crippen molar-refractivity contribution in [2.75, 3.05) is 13.1 Å². The quantitative estimate of drug-likeness (QED) is 0.577. The largest absolute Gasteiger partial charge is 0.416 e. The molecule has 0 saturated carbocycles. The Morgan fingerprint density at radius 2 is 1.90 bits per heavy atom. The van der Waals surface area contributed by atoms with Crippen LogP contribution in [-0.4, -0.2) is 34.9 Å². The van der Waals surface area contributed by atoms with Crippen LogP contribution >= 0.6 is 0 Å². The Morgan fingerprint density at radius 3 is 2.53 bits per heavy atom. The maximum absolute atomic E-state index is 12.9. The number of nitro groups is 1. The van der Waals surface area contributed by atoms with Gasteiger partial charge in [-0.05, 0) is 37.5 Å². The summed E-state index contributed by atoms with van der Waals surface area (Å²) in [7, 11) is 0. The molecular formula is C21H22F3N3O3. The Morgan fingerprint density at radius 1 is 1.20 bits per heavy atom. The summed E-state index contributed by atoms with van der Waals surface area (Å²) in [6.07, 6.45) is -3.06. The zero-order valence-corrected chi connectivity index (χ0v) is 16.4. The highest BCUT2D eigenvalue weighted by atomic mass is 19.4. The molecular weight excluding hydrogens is 399 g/mol. The van der Waals surface area contributed by atoms with Gasteiger partial charge in [-0.1, -0.05) is 24.3 Å². The highest BCUT2D eigenvalue weighted by Gasteiger charge is 2.30. The summed E-state index contributed by atoms with van der Waals surface area (Å²) in [6.45, 7) is 3.29. The summed E-state index contributed by atoms with van der Waals surface area (Å²) in [5.74, 6) is -0.366. The number of carbonyl (C=O) groups excluding carboxylic acids is 1. The summed E-state index contributed by atoms with van der Waals surface area (Å²) in [4.78, 5) is 25.0. The van der Waals surface area contributed by atoms with E-state index in [-0.39, 0.29) is 23.2 Å². The predicted molar refractivity (Wildman–Crippen MR) is 105 cm³/mol. The first-order chi connectivity index (χ1) is 14.1. The van der Waals surface area contributed by atoms with Gasteiger partial charge in [0.05, 0.1) is 10.5 Å². The van der Waals surface area contributed by atoms with Gasteiger partial charge in [0.2, 0.25) is 0 Å². The van der Waals surface area contributed by atoms with Gasteiger partial charge in [0.1, 0.15) is 0 Å². The number of rotatable bonds is 5. The summed E-state index contributed by atoms with van der Waals surface area (Å²) in [5.41, 5.74) is 0.560. The van der Waals surface area contributed by atoms with Gasteiger partial charge in [-0.2, -0.15) is 13.2 Å². The van der Waals surface area contributed by atoms with Gasteiger partial charge >= 0.3 is 6.18 Å². The summed E-state index contributed by atoms with van der Waals surface area (Å²) in [5, 5.41) is 14.0. The molecule has 1 fully saturated rings. The van der Waals surface area contributed by atoms with E-state index < -0.39 is 16.7 Å². The van der Waals surface area contributed by atoms with Crippen LogP contribution in [0.3, 0.4) is 0 Å². The lowest BCUT2D eigenvalue weighted by Gasteiger charge is -2.32. The fraction of sp³-hybridized carbons (Fsp3) is 0.381. The molecule has 0 bridgehead atoms. The van der Waals surface area contributed by atoms with Crippen LogP contribution in [0.15, 0.2) is 42.5 Å². The molecule has 1 heterocycles. The molecule has 6 nitrogen and oxygen atoms in total. The minimum Gasteiger partial charge on any atom is -0.349 e. The fourth-order valence-electron chi connectivity index (χ4n) is 3.56. The fourth-order valence-corrected chi connectivity index (χ4v) is 3.56. The maximum Gasteiger partial charge on any atom is 0.416 e. The van der Waals surface area contributed by atoms with Crippen molar-refractivity contribution < 1.29 is 22.9 Å². The molecule has 1 saturated heterocycles. The molecule has 2 aromatic rings. The van der Waals surface area contributed by atoms with Crippen molar-refractivity contribution in [3.63, 3.8) is 0 Å². The van der Waals surface area contributed by atoms with Crippen molar-refractivity contribution in [1.82, 2.24) is 10.2 Å². The van der Waals surface area contributed by atoms with Crippen LogP contribution in [0.1, 0.15) is 39.9 Å².